The van der Waals surface area contributed by atoms with Crippen LogP contribution in [0.1, 0.15) is 0 Å². The molecule has 4 nitrogen and oxygen atoms in total. The standard InChI is InChI=1S/C11H9BrIN3O/c1-14-11-15-6-9(12)10(16-11)17-8-4-2-3-7(13)5-8/h2-6H,1H3,(H,14,15,16). The monoisotopic (exact) mass is 405 g/mol. The molecule has 2 aromatic rings. The molecule has 0 aliphatic rings. The van der Waals surface area contributed by atoms with Crippen LogP contribution >= 0.6 is 38.5 Å². The van der Waals surface area contributed by atoms with E-state index in [1.54, 1.807) is 13.2 Å². The molecule has 1 aromatic heterocycles. The molecule has 0 radical (unpaired) electrons. The largest absolute Gasteiger partial charge is 0.438 e. The molecule has 0 unspecified atom stereocenters. The topological polar surface area (TPSA) is 47.0 Å². The number of hydrogen-bond donors (Lipinski definition) is 1. The minimum atomic E-state index is 0.492. The van der Waals surface area contributed by atoms with Crippen molar-refractivity contribution in [3.05, 3.63) is 38.5 Å². The third kappa shape index (κ3) is 3.29. The Bertz CT molecular complexity index is 536. The summed E-state index contributed by atoms with van der Waals surface area (Å²) in [4.78, 5) is 8.29. The molecular formula is C11H9BrIN3O. The first-order valence-corrected chi connectivity index (χ1v) is 6.70. The zero-order chi connectivity index (χ0) is 12.3. The van der Waals surface area contributed by atoms with Gasteiger partial charge in [-0.3, -0.25) is 0 Å². The van der Waals surface area contributed by atoms with Crippen LogP contribution in [0, 0.1) is 3.57 Å². The number of hydrogen-bond acceptors (Lipinski definition) is 4. The van der Waals surface area contributed by atoms with Gasteiger partial charge in [0.1, 0.15) is 5.75 Å². The molecule has 1 heterocycles. The van der Waals surface area contributed by atoms with Crippen molar-refractivity contribution in [1.29, 1.82) is 0 Å². The van der Waals surface area contributed by atoms with Crippen LogP contribution in [-0.4, -0.2) is 17.0 Å². The van der Waals surface area contributed by atoms with Crippen molar-refractivity contribution >= 4 is 44.5 Å². The first-order chi connectivity index (χ1) is 8.19. The molecule has 0 bridgehead atoms. The molecule has 6 heteroatoms. The molecule has 0 atom stereocenters. The molecule has 0 amide bonds. The molecule has 1 aromatic carbocycles. The van der Waals surface area contributed by atoms with E-state index < -0.39 is 0 Å². The van der Waals surface area contributed by atoms with E-state index in [-0.39, 0.29) is 0 Å². The second-order valence-corrected chi connectivity index (χ2v) is 5.26. The predicted octanol–water partition coefficient (Wildman–Crippen LogP) is 3.68. The van der Waals surface area contributed by atoms with Gasteiger partial charge in [0.2, 0.25) is 11.8 Å². The average molecular weight is 406 g/mol. The zero-order valence-electron chi connectivity index (χ0n) is 8.95. The van der Waals surface area contributed by atoms with E-state index in [0.29, 0.717) is 11.8 Å². The van der Waals surface area contributed by atoms with Crippen LogP contribution in [0.25, 0.3) is 0 Å². The van der Waals surface area contributed by atoms with Gasteiger partial charge in [0.15, 0.2) is 0 Å². The maximum absolute atomic E-state index is 5.69. The summed E-state index contributed by atoms with van der Waals surface area (Å²) in [7, 11) is 1.76. The van der Waals surface area contributed by atoms with Crippen molar-refractivity contribution in [2.45, 2.75) is 0 Å². The summed E-state index contributed by atoms with van der Waals surface area (Å²) < 4.78 is 7.52. The first kappa shape index (κ1) is 12.6. The Labute approximate surface area is 121 Å². The summed E-state index contributed by atoms with van der Waals surface area (Å²) in [6.45, 7) is 0. The number of benzene rings is 1. The summed E-state index contributed by atoms with van der Waals surface area (Å²) in [6.07, 6.45) is 1.65. The van der Waals surface area contributed by atoms with Gasteiger partial charge in [-0.05, 0) is 56.7 Å². The smallest absolute Gasteiger partial charge is 0.238 e. The third-order valence-electron chi connectivity index (χ3n) is 1.95. The number of ether oxygens (including phenoxy) is 1. The number of aromatic nitrogens is 2. The lowest BCUT2D eigenvalue weighted by molar-refractivity contribution is 0.458. The molecule has 88 valence electrons. The van der Waals surface area contributed by atoms with Gasteiger partial charge >= 0.3 is 0 Å². The number of nitrogens with zero attached hydrogens (tertiary/aromatic N) is 2. The van der Waals surface area contributed by atoms with Crippen molar-refractivity contribution < 1.29 is 4.74 Å². The van der Waals surface area contributed by atoms with Crippen molar-refractivity contribution in [2.24, 2.45) is 0 Å². The molecule has 2 rings (SSSR count). The lowest BCUT2D eigenvalue weighted by atomic mass is 10.3. The minimum Gasteiger partial charge on any atom is -0.438 e. The van der Waals surface area contributed by atoms with Crippen molar-refractivity contribution in [1.82, 2.24) is 9.97 Å². The van der Waals surface area contributed by atoms with Crippen LogP contribution in [-0.2, 0) is 0 Å². The Morgan fingerprint density at radius 2 is 2.24 bits per heavy atom. The Kier molecular flexibility index (Phi) is 4.16. The molecule has 0 saturated carbocycles. The van der Waals surface area contributed by atoms with Crippen LogP contribution < -0.4 is 10.1 Å². The van der Waals surface area contributed by atoms with Crippen LogP contribution in [0.2, 0.25) is 0 Å². The van der Waals surface area contributed by atoms with Gasteiger partial charge in [-0.15, -0.1) is 0 Å². The number of anilines is 1. The summed E-state index contributed by atoms with van der Waals surface area (Å²) in [5, 5.41) is 2.87. The van der Waals surface area contributed by atoms with E-state index in [4.69, 9.17) is 4.74 Å². The first-order valence-electron chi connectivity index (χ1n) is 4.83. The lowest BCUT2D eigenvalue weighted by Crippen LogP contribution is -1.98. The van der Waals surface area contributed by atoms with E-state index >= 15 is 0 Å². The fourth-order valence-electron chi connectivity index (χ4n) is 1.19. The van der Waals surface area contributed by atoms with E-state index in [1.165, 1.54) is 0 Å². The Hall–Kier alpha value is -0.890. The highest BCUT2D eigenvalue weighted by molar-refractivity contribution is 14.1. The summed E-state index contributed by atoms with van der Waals surface area (Å²) >= 11 is 5.59. The van der Waals surface area contributed by atoms with Gasteiger partial charge in [0, 0.05) is 10.6 Å². The Morgan fingerprint density at radius 3 is 2.94 bits per heavy atom. The quantitative estimate of drug-likeness (QED) is 0.791. The van der Waals surface area contributed by atoms with Crippen molar-refractivity contribution in [3.63, 3.8) is 0 Å². The Morgan fingerprint density at radius 1 is 1.41 bits per heavy atom. The molecule has 17 heavy (non-hydrogen) atoms. The molecule has 0 aliphatic heterocycles. The second-order valence-electron chi connectivity index (χ2n) is 3.16. The van der Waals surface area contributed by atoms with Crippen LogP contribution in [0.4, 0.5) is 5.95 Å². The fraction of sp³-hybridized carbons (Fsp3) is 0.0909. The van der Waals surface area contributed by atoms with E-state index in [1.807, 2.05) is 24.3 Å². The summed E-state index contributed by atoms with van der Waals surface area (Å²) in [5.41, 5.74) is 0. The van der Waals surface area contributed by atoms with Gasteiger partial charge in [-0.25, -0.2) is 4.98 Å². The van der Waals surface area contributed by atoms with Crippen molar-refractivity contribution in [3.8, 4) is 11.6 Å². The molecule has 0 fully saturated rings. The predicted molar refractivity (Wildman–Crippen MR) is 78.5 cm³/mol. The fourth-order valence-corrected chi connectivity index (χ4v) is 1.97. The summed E-state index contributed by atoms with van der Waals surface area (Å²) in [6, 6.07) is 7.76. The number of halogens is 2. The average Bonchev–Trinajstić information content (AvgIpc) is 2.32. The second kappa shape index (κ2) is 5.63. The van der Waals surface area contributed by atoms with Crippen LogP contribution in [0.3, 0.4) is 0 Å². The van der Waals surface area contributed by atoms with Gasteiger partial charge in [-0.2, -0.15) is 4.98 Å². The van der Waals surface area contributed by atoms with Crippen molar-refractivity contribution in [2.75, 3.05) is 12.4 Å². The van der Waals surface area contributed by atoms with Crippen LogP contribution in [0.5, 0.6) is 11.6 Å². The zero-order valence-corrected chi connectivity index (χ0v) is 12.7. The normalized spacial score (nSPS) is 10.1. The lowest BCUT2D eigenvalue weighted by Gasteiger charge is -2.07. The number of rotatable bonds is 3. The molecule has 1 N–H and O–H groups in total. The maximum Gasteiger partial charge on any atom is 0.238 e. The van der Waals surface area contributed by atoms with E-state index in [2.05, 4.69) is 53.8 Å². The molecule has 0 spiro atoms. The van der Waals surface area contributed by atoms with Gasteiger partial charge < -0.3 is 10.1 Å². The highest BCUT2D eigenvalue weighted by Gasteiger charge is 2.07. The van der Waals surface area contributed by atoms with Crippen LogP contribution in [0.15, 0.2) is 34.9 Å². The highest BCUT2D eigenvalue weighted by atomic mass is 127. The maximum atomic E-state index is 5.69. The third-order valence-corrected chi connectivity index (χ3v) is 3.16. The highest BCUT2D eigenvalue weighted by Crippen LogP contribution is 2.28. The van der Waals surface area contributed by atoms with E-state index in [0.717, 1.165) is 13.8 Å². The molecule has 0 saturated heterocycles. The Balaban J connectivity index is 2.29. The molecular weight excluding hydrogens is 397 g/mol. The van der Waals surface area contributed by atoms with Gasteiger partial charge in [-0.1, -0.05) is 6.07 Å². The molecule has 0 aliphatic carbocycles. The van der Waals surface area contributed by atoms with E-state index in [9.17, 15) is 0 Å². The SMILES string of the molecule is CNc1ncc(Br)c(Oc2cccc(I)c2)n1. The summed E-state index contributed by atoms with van der Waals surface area (Å²) in [5.74, 6) is 1.76. The number of nitrogens with one attached hydrogen (secondary N) is 1. The minimum absolute atomic E-state index is 0.492. The van der Waals surface area contributed by atoms with Gasteiger partial charge in [0.25, 0.3) is 0 Å². The van der Waals surface area contributed by atoms with Gasteiger partial charge in [0.05, 0.1) is 10.7 Å².